The molecule has 2 amide bonds. The number of nitriles is 1. The van der Waals surface area contributed by atoms with Crippen LogP contribution in [0.4, 0.5) is 15.8 Å². The van der Waals surface area contributed by atoms with Gasteiger partial charge in [0, 0.05) is 5.69 Å². The minimum Gasteiger partial charge on any atom is -0.325 e. The largest absolute Gasteiger partial charge is 0.325 e. The number of nitrogens with zero attached hydrogens (tertiary/aromatic N) is 1. The van der Waals surface area contributed by atoms with Gasteiger partial charge in [-0.3, -0.25) is 9.59 Å². The summed E-state index contributed by atoms with van der Waals surface area (Å²) in [5.41, 5.74) is 0.00101. The molecule has 3 rings (SSSR count). The first kappa shape index (κ1) is 15.7. The maximum Gasteiger partial charge on any atom is 0.240 e. The van der Waals surface area contributed by atoms with Crippen LogP contribution in [0.25, 0.3) is 0 Å². The molecule has 6 heteroatoms. The molecule has 24 heavy (non-hydrogen) atoms. The second kappa shape index (κ2) is 6.13. The summed E-state index contributed by atoms with van der Waals surface area (Å²) in [5.74, 6) is -1.27. The Balaban J connectivity index is 1.73. The van der Waals surface area contributed by atoms with Crippen LogP contribution in [0.3, 0.4) is 0 Å². The second-order valence-corrected chi connectivity index (χ2v) is 5.65. The Morgan fingerprint density at radius 3 is 2.25 bits per heavy atom. The molecule has 0 saturated heterocycles. The summed E-state index contributed by atoms with van der Waals surface area (Å²) < 4.78 is 12.9. The van der Waals surface area contributed by atoms with Crippen molar-refractivity contribution in [1.29, 1.82) is 5.26 Å². The molecule has 0 heterocycles. The number of amides is 2. The van der Waals surface area contributed by atoms with Crippen LogP contribution in [0.5, 0.6) is 0 Å². The fourth-order valence-corrected chi connectivity index (χ4v) is 2.40. The number of para-hydroxylation sites is 1. The summed E-state index contributed by atoms with van der Waals surface area (Å²) in [5, 5.41) is 14.4. The standard InChI is InChI=1S/C18H14FN3O2/c19-13-5-7-14(8-6-13)21-16(23)18(9-10-18)17(24)22-15-4-2-1-3-12(15)11-20/h1-8H,9-10H2,(H,21,23)(H,22,24). The van der Waals surface area contributed by atoms with Gasteiger partial charge in [0.05, 0.1) is 11.3 Å². The fraction of sp³-hybridized carbons (Fsp3) is 0.167. The van der Waals surface area contributed by atoms with Crippen molar-refractivity contribution in [2.75, 3.05) is 10.6 Å². The molecule has 2 N–H and O–H groups in total. The van der Waals surface area contributed by atoms with Gasteiger partial charge in [0.15, 0.2) is 0 Å². The molecule has 1 saturated carbocycles. The van der Waals surface area contributed by atoms with Gasteiger partial charge in [0.25, 0.3) is 0 Å². The normalized spacial score (nSPS) is 14.3. The number of carbonyl (C=O) groups excluding carboxylic acids is 2. The Kier molecular flexibility index (Phi) is 4.00. The van der Waals surface area contributed by atoms with Crippen molar-refractivity contribution < 1.29 is 14.0 Å². The van der Waals surface area contributed by atoms with Crippen molar-refractivity contribution in [3.63, 3.8) is 0 Å². The summed E-state index contributed by atoms with van der Waals surface area (Å²) in [6.07, 6.45) is 0.862. The fourth-order valence-electron chi connectivity index (χ4n) is 2.40. The minimum absolute atomic E-state index is 0.334. The van der Waals surface area contributed by atoms with E-state index in [4.69, 9.17) is 5.26 Å². The van der Waals surface area contributed by atoms with Crippen LogP contribution in [0, 0.1) is 22.6 Å². The summed E-state index contributed by atoms with van der Waals surface area (Å²) in [4.78, 5) is 24.9. The average Bonchev–Trinajstić information content (AvgIpc) is 3.39. The van der Waals surface area contributed by atoms with Crippen molar-refractivity contribution in [2.45, 2.75) is 12.8 Å². The topological polar surface area (TPSA) is 82.0 Å². The summed E-state index contributed by atoms with van der Waals surface area (Å²) in [6.45, 7) is 0. The number of anilines is 2. The lowest BCUT2D eigenvalue weighted by Crippen LogP contribution is -2.35. The number of nitrogens with one attached hydrogen (secondary N) is 2. The Hall–Kier alpha value is -3.20. The molecular weight excluding hydrogens is 309 g/mol. The van der Waals surface area contributed by atoms with E-state index in [0.717, 1.165) is 0 Å². The van der Waals surface area contributed by atoms with Crippen LogP contribution in [0.1, 0.15) is 18.4 Å². The Morgan fingerprint density at radius 1 is 1.00 bits per heavy atom. The molecule has 0 atom stereocenters. The van der Waals surface area contributed by atoms with Crippen LogP contribution in [-0.4, -0.2) is 11.8 Å². The number of hydrogen-bond donors (Lipinski definition) is 2. The van der Waals surface area contributed by atoms with Gasteiger partial charge in [-0.05, 0) is 49.2 Å². The van der Waals surface area contributed by atoms with E-state index in [-0.39, 0.29) is 0 Å². The summed E-state index contributed by atoms with van der Waals surface area (Å²) >= 11 is 0. The van der Waals surface area contributed by atoms with Gasteiger partial charge in [-0.15, -0.1) is 0 Å². The summed E-state index contributed by atoms with van der Waals surface area (Å²) in [6, 6.07) is 13.9. The van der Waals surface area contributed by atoms with Crippen LogP contribution < -0.4 is 10.6 Å². The zero-order valence-corrected chi connectivity index (χ0v) is 12.7. The van der Waals surface area contributed by atoms with Gasteiger partial charge in [-0.1, -0.05) is 12.1 Å². The lowest BCUT2D eigenvalue weighted by molar-refractivity contribution is -0.131. The van der Waals surface area contributed by atoms with Crippen molar-refractivity contribution in [1.82, 2.24) is 0 Å². The minimum atomic E-state index is -1.14. The SMILES string of the molecule is N#Cc1ccccc1NC(=O)C1(C(=O)Nc2ccc(F)cc2)CC1. The van der Waals surface area contributed by atoms with Gasteiger partial charge in [0.2, 0.25) is 11.8 Å². The lowest BCUT2D eigenvalue weighted by atomic mass is 10.0. The molecule has 2 aromatic rings. The van der Waals surface area contributed by atoms with Crippen LogP contribution in [0.2, 0.25) is 0 Å². The van der Waals surface area contributed by atoms with Gasteiger partial charge in [-0.2, -0.15) is 5.26 Å². The summed E-state index contributed by atoms with van der Waals surface area (Å²) in [7, 11) is 0. The van der Waals surface area contributed by atoms with E-state index < -0.39 is 23.0 Å². The monoisotopic (exact) mass is 323 g/mol. The smallest absolute Gasteiger partial charge is 0.240 e. The van der Waals surface area contributed by atoms with E-state index in [1.54, 1.807) is 24.3 Å². The first-order valence-electron chi connectivity index (χ1n) is 7.43. The molecule has 0 radical (unpaired) electrons. The highest BCUT2D eigenvalue weighted by Crippen LogP contribution is 2.47. The van der Waals surface area contributed by atoms with Crippen LogP contribution >= 0.6 is 0 Å². The number of hydrogen-bond acceptors (Lipinski definition) is 3. The Bertz CT molecular complexity index is 836. The van der Waals surface area contributed by atoms with E-state index in [1.807, 2.05) is 6.07 Å². The molecule has 0 aromatic heterocycles. The van der Waals surface area contributed by atoms with E-state index in [2.05, 4.69) is 10.6 Å². The molecule has 2 aromatic carbocycles. The Morgan fingerprint density at radius 2 is 1.62 bits per heavy atom. The molecule has 0 bridgehead atoms. The van der Waals surface area contributed by atoms with Gasteiger partial charge in [0.1, 0.15) is 17.3 Å². The van der Waals surface area contributed by atoms with E-state index >= 15 is 0 Å². The maximum atomic E-state index is 12.9. The zero-order chi connectivity index (χ0) is 17.2. The molecule has 1 fully saturated rings. The van der Waals surface area contributed by atoms with Crippen molar-refractivity contribution >= 4 is 23.2 Å². The second-order valence-electron chi connectivity index (χ2n) is 5.65. The third-order valence-corrected chi connectivity index (χ3v) is 4.02. The van der Waals surface area contributed by atoms with E-state index in [0.29, 0.717) is 29.8 Å². The molecule has 120 valence electrons. The maximum absolute atomic E-state index is 12.9. The molecule has 5 nitrogen and oxygen atoms in total. The van der Waals surface area contributed by atoms with Crippen molar-refractivity contribution in [3.8, 4) is 6.07 Å². The highest BCUT2D eigenvalue weighted by Gasteiger charge is 2.56. The highest BCUT2D eigenvalue weighted by atomic mass is 19.1. The lowest BCUT2D eigenvalue weighted by Gasteiger charge is -2.16. The molecule has 1 aliphatic carbocycles. The van der Waals surface area contributed by atoms with Gasteiger partial charge in [-0.25, -0.2) is 4.39 Å². The predicted molar refractivity (Wildman–Crippen MR) is 86.5 cm³/mol. The van der Waals surface area contributed by atoms with E-state index in [1.165, 1.54) is 24.3 Å². The zero-order valence-electron chi connectivity index (χ0n) is 12.7. The highest BCUT2D eigenvalue weighted by molar-refractivity contribution is 6.17. The molecule has 0 unspecified atom stereocenters. The first-order chi connectivity index (χ1) is 11.5. The third kappa shape index (κ3) is 2.97. The number of rotatable bonds is 4. The van der Waals surface area contributed by atoms with Crippen LogP contribution in [-0.2, 0) is 9.59 Å². The molecule has 0 aliphatic heterocycles. The van der Waals surface area contributed by atoms with E-state index in [9.17, 15) is 14.0 Å². The molecule has 0 spiro atoms. The van der Waals surface area contributed by atoms with Crippen LogP contribution in [0.15, 0.2) is 48.5 Å². The first-order valence-corrected chi connectivity index (χ1v) is 7.43. The average molecular weight is 323 g/mol. The quantitative estimate of drug-likeness (QED) is 0.848. The third-order valence-electron chi connectivity index (χ3n) is 4.02. The van der Waals surface area contributed by atoms with Crippen molar-refractivity contribution in [3.05, 3.63) is 59.9 Å². The number of benzene rings is 2. The number of halogens is 1. The number of carbonyl (C=O) groups is 2. The molecule has 1 aliphatic rings. The van der Waals surface area contributed by atoms with Gasteiger partial charge >= 0.3 is 0 Å². The van der Waals surface area contributed by atoms with Gasteiger partial charge < -0.3 is 10.6 Å². The predicted octanol–water partition coefficient (Wildman–Crippen LogP) is 3.05. The van der Waals surface area contributed by atoms with Crippen molar-refractivity contribution in [2.24, 2.45) is 5.41 Å². The Labute approximate surface area is 138 Å². The molecular formula is C18H14FN3O2.